The number of carbonyl (C=O) groups excluding carboxylic acids is 1. The summed E-state index contributed by atoms with van der Waals surface area (Å²) in [6, 6.07) is 13.0. The van der Waals surface area contributed by atoms with Crippen molar-refractivity contribution in [1.29, 1.82) is 0 Å². The van der Waals surface area contributed by atoms with Crippen molar-refractivity contribution in [3.63, 3.8) is 0 Å². The van der Waals surface area contributed by atoms with E-state index in [0.717, 1.165) is 29.1 Å². The summed E-state index contributed by atoms with van der Waals surface area (Å²) in [4.78, 5) is 13.1. The fraction of sp³-hybridized carbons (Fsp3) is 0.381. The molecule has 0 N–H and O–H groups in total. The summed E-state index contributed by atoms with van der Waals surface area (Å²) in [5.41, 5.74) is 0.596. The first-order chi connectivity index (χ1) is 12.6. The average molecular weight is 408 g/mol. The van der Waals surface area contributed by atoms with Crippen LogP contribution in [-0.4, -0.2) is 14.3 Å². The first kappa shape index (κ1) is 21.5. The molecular weight excluding hydrogens is 382 g/mol. The predicted octanol–water partition coefficient (Wildman–Crippen LogP) is 5.45. The molecule has 0 bridgehead atoms. The number of anilines is 1. The Hall–Kier alpha value is -1.85. The molecule has 2 rings (SSSR count). The Morgan fingerprint density at radius 3 is 2.04 bits per heavy atom. The second kappa shape index (κ2) is 8.44. The summed E-state index contributed by atoms with van der Waals surface area (Å²) >= 11 is 5.88. The summed E-state index contributed by atoms with van der Waals surface area (Å²) in [5, 5.41) is 0.433. The third-order valence-corrected chi connectivity index (χ3v) is 6.14. The molecule has 0 spiro atoms. The van der Waals surface area contributed by atoms with Gasteiger partial charge in [0.25, 0.3) is 10.0 Å². The molecule has 1 amide bonds. The normalized spacial score (nSPS) is 12.0. The van der Waals surface area contributed by atoms with Crippen molar-refractivity contribution in [3.05, 3.63) is 59.1 Å². The summed E-state index contributed by atoms with van der Waals surface area (Å²) in [6.45, 7) is 7.23. The van der Waals surface area contributed by atoms with Gasteiger partial charge in [-0.1, -0.05) is 57.8 Å². The van der Waals surface area contributed by atoms with Crippen LogP contribution in [-0.2, 0) is 21.2 Å². The minimum atomic E-state index is -4.06. The van der Waals surface area contributed by atoms with Gasteiger partial charge in [-0.05, 0) is 54.8 Å². The number of carbonyl (C=O) groups is 1. The summed E-state index contributed by atoms with van der Waals surface area (Å²) in [5.74, 6) is -0.487. The van der Waals surface area contributed by atoms with Gasteiger partial charge in [-0.15, -0.1) is 0 Å². The van der Waals surface area contributed by atoms with E-state index in [9.17, 15) is 13.2 Å². The van der Waals surface area contributed by atoms with Crippen molar-refractivity contribution in [2.24, 2.45) is 5.41 Å². The summed E-state index contributed by atoms with van der Waals surface area (Å²) < 4.78 is 27.4. The number of hydrogen-bond acceptors (Lipinski definition) is 3. The molecule has 2 aromatic rings. The third kappa shape index (κ3) is 5.11. The van der Waals surface area contributed by atoms with Crippen LogP contribution in [0.1, 0.15) is 46.1 Å². The number of unbranched alkanes of at least 4 members (excludes halogenated alkanes) is 1. The number of rotatable bonds is 6. The molecule has 2 aromatic carbocycles. The SMILES string of the molecule is CCCCc1ccc(N(C(=O)C(C)(C)C)S(=O)(=O)c2ccc(Cl)cc2)cc1. The van der Waals surface area contributed by atoms with Crippen LogP contribution in [0.4, 0.5) is 5.69 Å². The van der Waals surface area contributed by atoms with E-state index in [-0.39, 0.29) is 4.90 Å². The highest BCUT2D eigenvalue weighted by Gasteiger charge is 2.37. The summed E-state index contributed by atoms with van der Waals surface area (Å²) in [7, 11) is -4.06. The lowest BCUT2D eigenvalue weighted by Crippen LogP contribution is -2.43. The van der Waals surface area contributed by atoms with Gasteiger partial charge in [-0.2, -0.15) is 0 Å². The van der Waals surface area contributed by atoms with Gasteiger partial charge in [0.15, 0.2) is 0 Å². The largest absolute Gasteiger partial charge is 0.273 e. The van der Waals surface area contributed by atoms with Crippen molar-refractivity contribution < 1.29 is 13.2 Å². The maximum absolute atomic E-state index is 13.3. The van der Waals surface area contributed by atoms with Gasteiger partial charge in [-0.3, -0.25) is 4.79 Å². The number of hydrogen-bond donors (Lipinski definition) is 0. The van der Waals surface area contributed by atoms with Crippen LogP contribution in [0.25, 0.3) is 0 Å². The topological polar surface area (TPSA) is 54.5 Å². The zero-order valence-corrected chi connectivity index (χ0v) is 17.8. The van der Waals surface area contributed by atoms with Crippen LogP contribution in [0.3, 0.4) is 0 Å². The van der Waals surface area contributed by atoms with Crippen LogP contribution >= 0.6 is 11.6 Å². The van der Waals surface area contributed by atoms with Crippen LogP contribution in [0.15, 0.2) is 53.4 Å². The lowest BCUT2D eigenvalue weighted by atomic mass is 9.95. The van der Waals surface area contributed by atoms with E-state index in [1.807, 2.05) is 12.1 Å². The van der Waals surface area contributed by atoms with E-state index in [0.29, 0.717) is 10.7 Å². The second-order valence-electron chi connectivity index (χ2n) is 7.55. The number of halogens is 1. The van der Waals surface area contributed by atoms with Gasteiger partial charge in [0, 0.05) is 10.4 Å². The Labute approximate surface area is 167 Å². The van der Waals surface area contributed by atoms with Crippen LogP contribution in [0.2, 0.25) is 5.02 Å². The molecule has 0 atom stereocenters. The van der Waals surface area contributed by atoms with Crippen LogP contribution in [0, 0.1) is 5.41 Å². The first-order valence-electron chi connectivity index (χ1n) is 9.01. The molecule has 0 unspecified atom stereocenters. The lowest BCUT2D eigenvalue weighted by Gasteiger charge is -2.29. The number of nitrogens with zero attached hydrogens (tertiary/aromatic N) is 1. The van der Waals surface area contributed by atoms with Gasteiger partial charge in [0.05, 0.1) is 10.6 Å². The molecule has 0 heterocycles. The summed E-state index contributed by atoms with van der Waals surface area (Å²) in [6.07, 6.45) is 3.07. The Balaban J connectivity index is 2.52. The smallest absolute Gasteiger partial charge is 0.270 e. The fourth-order valence-corrected chi connectivity index (χ4v) is 4.27. The van der Waals surface area contributed by atoms with Crippen LogP contribution in [0.5, 0.6) is 0 Å². The fourth-order valence-electron chi connectivity index (χ4n) is 2.56. The highest BCUT2D eigenvalue weighted by atomic mass is 35.5. The van der Waals surface area contributed by atoms with Gasteiger partial charge in [0.1, 0.15) is 0 Å². The molecule has 0 fully saturated rings. The highest BCUT2D eigenvalue weighted by molar-refractivity contribution is 7.93. The van der Waals surface area contributed by atoms with Crippen molar-refractivity contribution in [2.75, 3.05) is 4.31 Å². The molecule has 0 saturated carbocycles. The Kier molecular flexibility index (Phi) is 6.71. The minimum absolute atomic E-state index is 0.0274. The molecule has 0 aromatic heterocycles. The molecule has 4 nitrogen and oxygen atoms in total. The molecule has 0 aliphatic rings. The number of benzene rings is 2. The Morgan fingerprint density at radius 1 is 1.00 bits per heavy atom. The van der Waals surface area contributed by atoms with Gasteiger partial charge >= 0.3 is 0 Å². The number of sulfonamides is 1. The molecule has 146 valence electrons. The molecule has 6 heteroatoms. The van der Waals surface area contributed by atoms with E-state index >= 15 is 0 Å². The quantitative estimate of drug-likeness (QED) is 0.639. The Morgan fingerprint density at radius 2 is 1.56 bits per heavy atom. The second-order valence-corrected chi connectivity index (χ2v) is 9.77. The maximum atomic E-state index is 13.3. The zero-order valence-electron chi connectivity index (χ0n) is 16.2. The number of amides is 1. The Bertz CT molecular complexity index is 883. The molecule has 0 saturated heterocycles. The number of aryl methyl sites for hydroxylation is 1. The van der Waals surface area contributed by atoms with Gasteiger partial charge in [0.2, 0.25) is 5.91 Å². The van der Waals surface area contributed by atoms with E-state index in [1.54, 1.807) is 32.9 Å². The van der Waals surface area contributed by atoms with E-state index in [1.165, 1.54) is 24.3 Å². The van der Waals surface area contributed by atoms with Crippen molar-refractivity contribution >= 4 is 33.2 Å². The third-order valence-electron chi connectivity index (χ3n) is 4.17. The van der Waals surface area contributed by atoms with Crippen molar-refractivity contribution in [2.45, 2.75) is 51.9 Å². The molecular formula is C21H26ClNO3S. The monoisotopic (exact) mass is 407 g/mol. The highest BCUT2D eigenvalue weighted by Crippen LogP contribution is 2.30. The average Bonchev–Trinajstić information content (AvgIpc) is 2.60. The molecule has 0 aliphatic carbocycles. The van der Waals surface area contributed by atoms with Crippen LogP contribution < -0.4 is 4.31 Å². The van der Waals surface area contributed by atoms with E-state index < -0.39 is 21.3 Å². The van der Waals surface area contributed by atoms with Gasteiger partial charge < -0.3 is 0 Å². The van der Waals surface area contributed by atoms with Crippen molar-refractivity contribution in [3.8, 4) is 0 Å². The predicted molar refractivity (Wildman–Crippen MR) is 111 cm³/mol. The van der Waals surface area contributed by atoms with E-state index in [4.69, 9.17) is 11.6 Å². The molecule has 0 aliphatic heterocycles. The van der Waals surface area contributed by atoms with E-state index in [2.05, 4.69) is 6.92 Å². The maximum Gasteiger partial charge on any atom is 0.270 e. The van der Waals surface area contributed by atoms with Gasteiger partial charge in [-0.25, -0.2) is 12.7 Å². The first-order valence-corrected chi connectivity index (χ1v) is 10.8. The standard InChI is InChI=1S/C21H26ClNO3S/c1-5-6-7-16-8-12-18(13-9-16)23(20(24)21(2,3)4)27(25,26)19-14-10-17(22)11-15-19/h8-15H,5-7H2,1-4H3. The van der Waals surface area contributed by atoms with Crippen molar-refractivity contribution in [1.82, 2.24) is 0 Å². The zero-order chi connectivity index (χ0) is 20.2. The lowest BCUT2D eigenvalue weighted by molar-refractivity contribution is -0.124. The molecule has 0 radical (unpaired) electrons. The molecule has 27 heavy (non-hydrogen) atoms. The minimum Gasteiger partial charge on any atom is -0.273 e.